The van der Waals surface area contributed by atoms with Crippen molar-refractivity contribution < 1.29 is 15.0 Å². The number of hydrazine groups is 1. The Morgan fingerprint density at radius 1 is 1.29 bits per heavy atom. The van der Waals surface area contributed by atoms with Crippen LogP contribution in [0.15, 0.2) is 12.2 Å². The van der Waals surface area contributed by atoms with Crippen LogP contribution in [-0.2, 0) is 4.79 Å². The van der Waals surface area contributed by atoms with Gasteiger partial charge in [-0.25, -0.2) is 10.0 Å². The minimum absolute atomic E-state index is 0.185. The third-order valence-electron chi connectivity index (χ3n) is 4.55. The lowest BCUT2D eigenvalue weighted by molar-refractivity contribution is -0.150. The zero-order valence-corrected chi connectivity index (χ0v) is 12.0. The molecule has 3 N–H and O–H groups in total. The van der Waals surface area contributed by atoms with Gasteiger partial charge in [0.05, 0.1) is 18.8 Å². The molecule has 3 rings (SSSR count). The summed E-state index contributed by atoms with van der Waals surface area (Å²) in [5.74, 6) is -0.976. The van der Waals surface area contributed by atoms with Crippen LogP contribution in [0, 0.1) is 5.41 Å². The molecular weight excluding hydrogens is 272 g/mol. The minimum atomic E-state index is -0.976. The van der Waals surface area contributed by atoms with Crippen LogP contribution < -0.4 is 0 Å². The van der Waals surface area contributed by atoms with E-state index in [-0.39, 0.29) is 6.17 Å². The van der Waals surface area contributed by atoms with Crippen molar-refractivity contribution >= 4 is 11.7 Å². The average molecular weight is 294 g/mol. The molecule has 0 aliphatic carbocycles. The number of carboxylic acids is 1. The predicted octanol–water partition coefficient (Wildman–Crippen LogP) is -0.265. The second-order valence-corrected chi connectivity index (χ2v) is 5.93. The molecule has 3 atom stereocenters. The summed E-state index contributed by atoms with van der Waals surface area (Å²) in [6.07, 6.45) is 5.37. The highest BCUT2D eigenvalue weighted by Gasteiger charge is 2.44. The topological polar surface area (TPSA) is 91.1 Å². The predicted molar refractivity (Wildman–Crippen MR) is 76.9 cm³/mol. The molecule has 0 aromatic heterocycles. The van der Waals surface area contributed by atoms with E-state index in [0.717, 1.165) is 25.9 Å². The van der Waals surface area contributed by atoms with Gasteiger partial charge in [0, 0.05) is 25.3 Å². The maximum absolute atomic E-state index is 11.5. The second kappa shape index (κ2) is 5.84. The summed E-state index contributed by atoms with van der Waals surface area (Å²) >= 11 is 0. The molecule has 3 unspecified atom stereocenters. The molecule has 0 radical (unpaired) electrons. The molecule has 116 valence electrons. The molecule has 3 heterocycles. The van der Waals surface area contributed by atoms with Gasteiger partial charge in [-0.3, -0.25) is 9.69 Å². The first-order valence-corrected chi connectivity index (χ1v) is 7.51. The first kappa shape index (κ1) is 14.6. The van der Waals surface area contributed by atoms with E-state index in [9.17, 15) is 15.0 Å². The largest absolute Gasteiger partial charge is 0.480 e. The number of rotatable bonds is 3. The maximum atomic E-state index is 11.5. The molecule has 0 bridgehead atoms. The fourth-order valence-electron chi connectivity index (χ4n) is 3.53. The monoisotopic (exact) mass is 294 g/mol. The number of carboxylic acid groups (broad SMARTS) is 1. The molecule has 0 saturated carbocycles. The van der Waals surface area contributed by atoms with E-state index in [4.69, 9.17) is 5.41 Å². The number of hydrogen-bond acceptors (Lipinski definition) is 6. The molecule has 0 aromatic rings. The Bertz CT molecular complexity index is 461. The SMILES string of the molecule is N=C1C=CC(N2CCC(O)C2C(=O)O)N(N2CCCC2)C1. The van der Waals surface area contributed by atoms with Crippen molar-refractivity contribution in [2.24, 2.45) is 0 Å². The van der Waals surface area contributed by atoms with Crippen molar-refractivity contribution in [3.63, 3.8) is 0 Å². The molecule has 0 spiro atoms. The highest BCUT2D eigenvalue weighted by molar-refractivity contribution is 5.94. The molecular formula is C14H22N4O3. The third-order valence-corrected chi connectivity index (χ3v) is 4.55. The lowest BCUT2D eigenvalue weighted by Gasteiger charge is -2.44. The Labute approximate surface area is 123 Å². The molecule has 0 amide bonds. The molecule has 3 aliphatic rings. The van der Waals surface area contributed by atoms with Gasteiger partial charge in [0.25, 0.3) is 0 Å². The molecule has 21 heavy (non-hydrogen) atoms. The van der Waals surface area contributed by atoms with Crippen LogP contribution in [0.4, 0.5) is 0 Å². The Balaban J connectivity index is 1.84. The summed E-state index contributed by atoms with van der Waals surface area (Å²) in [7, 11) is 0. The van der Waals surface area contributed by atoms with E-state index in [1.807, 2.05) is 11.0 Å². The first-order chi connectivity index (χ1) is 10.1. The maximum Gasteiger partial charge on any atom is 0.323 e. The number of nitrogens with zero attached hydrogens (tertiary/aromatic N) is 3. The van der Waals surface area contributed by atoms with Crippen molar-refractivity contribution in [2.75, 3.05) is 26.2 Å². The van der Waals surface area contributed by atoms with E-state index in [1.165, 1.54) is 0 Å². The van der Waals surface area contributed by atoms with Gasteiger partial charge in [-0.2, -0.15) is 0 Å². The molecule has 7 nitrogen and oxygen atoms in total. The van der Waals surface area contributed by atoms with Crippen molar-refractivity contribution in [1.82, 2.24) is 14.9 Å². The highest BCUT2D eigenvalue weighted by atomic mass is 16.4. The van der Waals surface area contributed by atoms with Gasteiger partial charge in [-0.1, -0.05) is 0 Å². The quantitative estimate of drug-likeness (QED) is 0.664. The summed E-state index contributed by atoms with van der Waals surface area (Å²) in [5.41, 5.74) is 0.532. The summed E-state index contributed by atoms with van der Waals surface area (Å²) in [4.78, 5) is 13.3. The summed E-state index contributed by atoms with van der Waals surface area (Å²) in [6.45, 7) is 2.96. The Morgan fingerprint density at radius 3 is 2.67 bits per heavy atom. The van der Waals surface area contributed by atoms with Crippen LogP contribution in [0.1, 0.15) is 19.3 Å². The van der Waals surface area contributed by atoms with Gasteiger partial charge in [0.15, 0.2) is 0 Å². The van der Waals surface area contributed by atoms with Crippen molar-refractivity contribution in [1.29, 1.82) is 5.41 Å². The Morgan fingerprint density at radius 2 is 2.00 bits per heavy atom. The van der Waals surface area contributed by atoms with Crippen molar-refractivity contribution in [2.45, 2.75) is 37.6 Å². The van der Waals surface area contributed by atoms with E-state index in [2.05, 4.69) is 10.0 Å². The van der Waals surface area contributed by atoms with E-state index >= 15 is 0 Å². The van der Waals surface area contributed by atoms with Crippen LogP contribution in [0.25, 0.3) is 0 Å². The zero-order valence-electron chi connectivity index (χ0n) is 12.0. The number of nitrogens with one attached hydrogen (secondary N) is 1. The minimum Gasteiger partial charge on any atom is -0.480 e. The summed E-state index contributed by atoms with van der Waals surface area (Å²) in [5, 5.41) is 31.5. The first-order valence-electron chi connectivity index (χ1n) is 7.51. The van der Waals surface area contributed by atoms with Gasteiger partial charge < -0.3 is 15.6 Å². The van der Waals surface area contributed by atoms with E-state index < -0.39 is 18.1 Å². The van der Waals surface area contributed by atoms with Gasteiger partial charge in [-0.15, -0.1) is 0 Å². The third kappa shape index (κ3) is 2.74. The van der Waals surface area contributed by atoms with Crippen LogP contribution in [0.5, 0.6) is 0 Å². The zero-order chi connectivity index (χ0) is 15.0. The molecule has 3 aliphatic heterocycles. The van der Waals surface area contributed by atoms with Crippen molar-refractivity contribution in [3.05, 3.63) is 12.2 Å². The van der Waals surface area contributed by atoms with Crippen LogP contribution in [0.3, 0.4) is 0 Å². The van der Waals surface area contributed by atoms with Gasteiger partial charge in [0.1, 0.15) is 6.04 Å². The fraction of sp³-hybridized carbons (Fsp3) is 0.714. The number of aliphatic carboxylic acids is 1. The lowest BCUT2D eigenvalue weighted by Crippen LogP contribution is -2.60. The summed E-state index contributed by atoms with van der Waals surface area (Å²) < 4.78 is 0. The van der Waals surface area contributed by atoms with Crippen LogP contribution >= 0.6 is 0 Å². The summed E-state index contributed by atoms with van der Waals surface area (Å²) in [6, 6.07) is -0.864. The Hall–Kier alpha value is -1.28. The number of likely N-dealkylation sites (tertiary alicyclic amines) is 1. The van der Waals surface area contributed by atoms with Crippen molar-refractivity contribution in [3.8, 4) is 0 Å². The second-order valence-electron chi connectivity index (χ2n) is 5.93. The van der Waals surface area contributed by atoms with Crippen LogP contribution in [0.2, 0.25) is 0 Å². The molecule has 2 fully saturated rings. The molecule has 0 aromatic carbocycles. The van der Waals surface area contributed by atoms with Gasteiger partial charge in [0.2, 0.25) is 0 Å². The molecule has 7 heteroatoms. The fourth-order valence-corrected chi connectivity index (χ4v) is 3.53. The standard InChI is InChI=1S/C14H22N4O3/c15-10-3-4-12(18(9-10)16-6-1-2-7-16)17-8-5-11(19)13(17)14(20)21/h3-4,11-13,15,19H,1-2,5-9H2,(H,20,21). The number of aliphatic hydroxyl groups is 1. The average Bonchev–Trinajstić information content (AvgIpc) is 3.07. The Kier molecular flexibility index (Phi) is 4.08. The normalized spacial score (nSPS) is 35.7. The smallest absolute Gasteiger partial charge is 0.323 e. The van der Waals surface area contributed by atoms with E-state index in [0.29, 0.717) is 25.2 Å². The van der Waals surface area contributed by atoms with Gasteiger partial charge in [-0.05, 0) is 31.4 Å². The van der Waals surface area contributed by atoms with Gasteiger partial charge >= 0.3 is 5.97 Å². The highest BCUT2D eigenvalue weighted by Crippen LogP contribution is 2.27. The molecule has 2 saturated heterocycles. The number of hydrogen-bond donors (Lipinski definition) is 3. The lowest BCUT2D eigenvalue weighted by atomic mass is 10.1. The van der Waals surface area contributed by atoms with E-state index in [1.54, 1.807) is 6.08 Å². The number of aliphatic hydroxyl groups excluding tert-OH is 1. The van der Waals surface area contributed by atoms with Crippen LogP contribution in [-0.4, -0.2) is 81.3 Å². The number of carbonyl (C=O) groups is 1.